The van der Waals surface area contributed by atoms with Crippen LogP contribution in [0.2, 0.25) is 0 Å². The second-order valence-electron chi connectivity index (χ2n) is 4.20. The highest BCUT2D eigenvalue weighted by Crippen LogP contribution is 2.18. The van der Waals surface area contributed by atoms with Gasteiger partial charge in [0.2, 0.25) is 0 Å². The lowest BCUT2D eigenvalue weighted by molar-refractivity contribution is 0.113. The Kier molecular flexibility index (Phi) is 12.5. The summed E-state index contributed by atoms with van der Waals surface area (Å²) in [5.41, 5.74) is 0. The first-order chi connectivity index (χ1) is 7.04. The van der Waals surface area contributed by atoms with Gasteiger partial charge in [0.15, 0.2) is 0 Å². The van der Waals surface area contributed by atoms with E-state index >= 15 is 0 Å². The molecule has 3 unspecified atom stereocenters. The summed E-state index contributed by atoms with van der Waals surface area (Å²) < 4.78 is 0. The fourth-order valence-corrected chi connectivity index (χ4v) is 2.20. The third kappa shape index (κ3) is 7.72. The van der Waals surface area contributed by atoms with Crippen molar-refractivity contribution in [2.75, 3.05) is 13.1 Å². The second kappa shape index (κ2) is 10.6. The number of nitrogens with zero attached hydrogens (tertiary/aromatic N) is 1. The lowest BCUT2D eigenvalue weighted by atomic mass is 10.0. The fraction of sp³-hybridized carbons (Fsp3) is 1.00. The summed E-state index contributed by atoms with van der Waals surface area (Å²) in [6.07, 6.45) is 2.56. The third-order valence-corrected chi connectivity index (χ3v) is 3.40. The largest absolute Gasteiger partial charge is 0.393 e. The minimum absolute atomic E-state index is 0. The first-order valence-electron chi connectivity index (χ1n) is 6.11. The lowest BCUT2D eigenvalue weighted by Crippen LogP contribution is -2.38. The topological polar surface area (TPSA) is 23.5 Å². The van der Waals surface area contributed by atoms with E-state index in [1.54, 1.807) is 0 Å². The maximum absolute atomic E-state index is 9.48. The van der Waals surface area contributed by atoms with Gasteiger partial charge in [-0.15, -0.1) is 24.0 Å². The molecule has 0 aromatic heterocycles. The van der Waals surface area contributed by atoms with Gasteiger partial charge >= 0.3 is 0 Å². The molecule has 4 heteroatoms. The number of aliphatic hydroxyl groups excluding tert-OH is 1. The highest BCUT2D eigenvalue weighted by molar-refractivity contribution is 6.20. The first-order valence-corrected chi connectivity index (χ1v) is 6.54. The molecule has 0 saturated heterocycles. The molecule has 16 heavy (non-hydrogen) atoms. The minimum Gasteiger partial charge on any atom is -0.393 e. The molecule has 2 nitrogen and oxygen atoms in total. The van der Waals surface area contributed by atoms with Crippen LogP contribution in [0.4, 0.5) is 0 Å². The molecule has 0 spiro atoms. The Bertz CT molecular complexity index is 152. The Labute approximate surface area is 112 Å². The van der Waals surface area contributed by atoms with E-state index in [1.165, 1.54) is 0 Å². The maximum atomic E-state index is 9.48. The van der Waals surface area contributed by atoms with Gasteiger partial charge in [0.1, 0.15) is 0 Å². The second-order valence-corrected chi connectivity index (χ2v) is 4.82. The average Bonchev–Trinajstić information content (AvgIpc) is 2.18. The number of aliphatic hydroxyl groups is 1. The van der Waals surface area contributed by atoms with E-state index in [0.717, 1.165) is 32.4 Å². The monoisotopic (exact) mass is 271 g/mol. The van der Waals surface area contributed by atoms with Crippen molar-refractivity contribution in [1.29, 1.82) is 0 Å². The normalized spacial score (nSPS) is 16.7. The van der Waals surface area contributed by atoms with Crippen LogP contribution in [-0.2, 0) is 0 Å². The molecular weight excluding hydrogens is 245 g/mol. The predicted molar refractivity (Wildman–Crippen MR) is 74.8 cm³/mol. The van der Waals surface area contributed by atoms with E-state index in [2.05, 4.69) is 25.7 Å². The van der Waals surface area contributed by atoms with E-state index in [4.69, 9.17) is 11.6 Å². The fourth-order valence-electron chi connectivity index (χ4n) is 1.99. The summed E-state index contributed by atoms with van der Waals surface area (Å²) in [6.45, 7) is 10.3. The summed E-state index contributed by atoms with van der Waals surface area (Å²) in [5, 5.41) is 9.71. The van der Waals surface area contributed by atoms with Gasteiger partial charge in [-0.1, -0.05) is 20.8 Å². The summed E-state index contributed by atoms with van der Waals surface area (Å²) in [4.78, 5) is 2.39. The molecule has 0 rings (SSSR count). The van der Waals surface area contributed by atoms with Gasteiger partial charge in [-0.3, -0.25) is 0 Å². The molecule has 0 aromatic rings. The molecule has 3 atom stereocenters. The Balaban J connectivity index is 0. The molecule has 0 radical (unpaired) electrons. The van der Waals surface area contributed by atoms with Crippen molar-refractivity contribution >= 4 is 24.0 Å². The molecule has 100 valence electrons. The Morgan fingerprint density at radius 1 is 1.12 bits per heavy atom. The molecule has 1 N–H and O–H groups in total. The van der Waals surface area contributed by atoms with Crippen molar-refractivity contribution in [2.24, 2.45) is 0 Å². The van der Waals surface area contributed by atoms with Gasteiger partial charge in [-0.2, -0.15) is 0 Å². The highest BCUT2D eigenvalue weighted by atomic mass is 35.5. The van der Waals surface area contributed by atoms with E-state index in [-0.39, 0.29) is 23.9 Å². The molecule has 0 heterocycles. The summed E-state index contributed by atoms with van der Waals surface area (Å²) >= 11 is 6.19. The molecule has 0 saturated carbocycles. The van der Waals surface area contributed by atoms with Crippen LogP contribution in [0.1, 0.15) is 47.0 Å². The van der Waals surface area contributed by atoms with Crippen LogP contribution < -0.4 is 0 Å². The summed E-state index contributed by atoms with van der Waals surface area (Å²) in [5.74, 6) is 0. The van der Waals surface area contributed by atoms with Crippen LogP contribution >= 0.6 is 24.0 Å². The van der Waals surface area contributed by atoms with Crippen LogP contribution in [0.3, 0.4) is 0 Å². The zero-order valence-corrected chi connectivity index (χ0v) is 12.5. The molecule has 0 aliphatic heterocycles. The Morgan fingerprint density at radius 3 is 1.94 bits per heavy atom. The molecule has 0 aromatic carbocycles. The lowest BCUT2D eigenvalue weighted by Gasteiger charge is -2.31. The first kappa shape index (κ1) is 18.9. The zero-order valence-electron chi connectivity index (χ0n) is 10.9. The molecule has 0 aliphatic carbocycles. The van der Waals surface area contributed by atoms with Crippen molar-refractivity contribution in [3.05, 3.63) is 0 Å². The van der Waals surface area contributed by atoms with E-state index < -0.39 is 0 Å². The predicted octanol–water partition coefficient (Wildman–Crippen LogP) is 3.30. The SMILES string of the molecule is CCC(Cl)CC(CC(C)O)N(CC)CC.Cl. The van der Waals surface area contributed by atoms with Crippen LogP contribution in [0.15, 0.2) is 0 Å². The van der Waals surface area contributed by atoms with Crippen LogP contribution in [0, 0.1) is 0 Å². The van der Waals surface area contributed by atoms with E-state index in [9.17, 15) is 5.11 Å². The van der Waals surface area contributed by atoms with Gasteiger partial charge in [0.25, 0.3) is 0 Å². The van der Waals surface area contributed by atoms with Gasteiger partial charge in [-0.05, 0) is 39.3 Å². The van der Waals surface area contributed by atoms with Crippen molar-refractivity contribution < 1.29 is 5.11 Å². The summed E-state index contributed by atoms with van der Waals surface area (Å²) in [7, 11) is 0. The van der Waals surface area contributed by atoms with Gasteiger partial charge in [-0.25, -0.2) is 0 Å². The Morgan fingerprint density at radius 2 is 1.62 bits per heavy atom. The highest BCUT2D eigenvalue weighted by Gasteiger charge is 2.20. The van der Waals surface area contributed by atoms with Crippen LogP contribution in [0.5, 0.6) is 0 Å². The van der Waals surface area contributed by atoms with E-state index in [0.29, 0.717) is 6.04 Å². The van der Waals surface area contributed by atoms with Crippen molar-refractivity contribution in [3.63, 3.8) is 0 Å². The van der Waals surface area contributed by atoms with Crippen LogP contribution in [0.25, 0.3) is 0 Å². The molecule has 0 bridgehead atoms. The number of hydrogen-bond donors (Lipinski definition) is 1. The standard InChI is InChI=1S/C12H26ClNO.ClH/c1-5-11(13)9-12(8-10(4)15)14(6-2)7-3;/h10-12,15H,5-9H2,1-4H3;1H. The minimum atomic E-state index is -0.240. The van der Waals surface area contributed by atoms with Crippen molar-refractivity contribution in [2.45, 2.75) is 64.5 Å². The van der Waals surface area contributed by atoms with Crippen molar-refractivity contribution in [3.8, 4) is 0 Å². The molecular formula is C12H27Cl2NO. The molecule has 0 fully saturated rings. The van der Waals surface area contributed by atoms with E-state index in [1.807, 2.05) is 6.92 Å². The number of hydrogen-bond acceptors (Lipinski definition) is 2. The number of rotatable bonds is 8. The number of halogens is 2. The smallest absolute Gasteiger partial charge is 0.0527 e. The quantitative estimate of drug-likeness (QED) is 0.685. The van der Waals surface area contributed by atoms with Gasteiger partial charge in [0, 0.05) is 11.4 Å². The maximum Gasteiger partial charge on any atom is 0.0527 e. The number of alkyl halides is 1. The summed E-state index contributed by atoms with van der Waals surface area (Å²) in [6, 6.07) is 0.419. The van der Waals surface area contributed by atoms with Crippen LogP contribution in [-0.4, -0.2) is 40.6 Å². The van der Waals surface area contributed by atoms with Gasteiger partial charge in [0.05, 0.1) is 6.10 Å². The average molecular weight is 272 g/mol. The van der Waals surface area contributed by atoms with Gasteiger partial charge < -0.3 is 10.0 Å². The molecule has 0 aliphatic rings. The third-order valence-electron chi connectivity index (χ3n) is 2.91. The zero-order chi connectivity index (χ0) is 11.8. The Hall–Kier alpha value is 0.500. The molecule has 0 amide bonds. The van der Waals surface area contributed by atoms with Crippen molar-refractivity contribution in [1.82, 2.24) is 4.90 Å².